The third-order valence-electron chi connectivity index (χ3n) is 5.83. The summed E-state index contributed by atoms with van der Waals surface area (Å²) >= 11 is 1.18. The van der Waals surface area contributed by atoms with Crippen molar-refractivity contribution in [1.82, 2.24) is 24.6 Å². The molecule has 0 spiro atoms. The van der Waals surface area contributed by atoms with E-state index in [4.69, 9.17) is 10.8 Å². The van der Waals surface area contributed by atoms with Crippen LogP contribution in [0, 0.1) is 10.8 Å². The van der Waals surface area contributed by atoms with E-state index in [9.17, 15) is 4.79 Å². The lowest BCUT2D eigenvalue weighted by Gasteiger charge is -2.26. The molecule has 8 nitrogen and oxygen atoms in total. The summed E-state index contributed by atoms with van der Waals surface area (Å²) in [6.07, 6.45) is 5.12. The average Bonchev–Trinajstić information content (AvgIpc) is 3.38. The molecule has 11 heteroatoms. The second kappa shape index (κ2) is 9.08. The van der Waals surface area contributed by atoms with Crippen molar-refractivity contribution >= 4 is 34.0 Å². The second-order valence-electron chi connectivity index (χ2n) is 8.29. The average molecular weight is 506 g/mol. The molecular weight excluding hydrogens is 484 g/mol. The summed E-state index contributed by atoms with van der Waals surface area (Å²) in [7, 11) is 1.93. The first-order chi connectivity index (χ1) is 17.2. The van der Waals surface area contributed by atoms with Crippen LogP contribution in [0.5, 0.6) is 0 Å². The summed E-state index contributed by atoms with van der Waals surface area (Å²) in [5, 5.41) is 21.0. The van der Waals surface area contributed by atoms with Gasteiger partial charge in [-0.2, -0.15) is 18.6 Å². The Balaban J connectivity index is 1.44. The highest BCUT2D eigenvalue weighted by Crippen LogP contribution is 2.32. The molecule has 0 unspecified atom stereocenters. The van der Waals surface area contributed by atoms with E-state index in [1.807, 2.05) is 18.1 Å². The predicted octanol–water partition coefficient (Wildman–Crippen LogP) is 4.12. The van der Waals surface area contributed by atoms with Gasteiger partial charge in [0.15, 0.2) is 5.84 Å². The van der Waals surface area contributed by atoms with Crippen LogP contribution in [0.2, 0.25) is 0 Å². The molecule has 2 N–H and O–H groups in total. The Hall–Kier alpha value is -4.25. The zero-order valence-electron chi connectivity index (χ0n) is 19.2. The molecule has 5 rings (SSSR count). The minimum Gasteiger partial charge on any atom is -0.377 e. The monoisotopic (exact) mass is 505 g/mol. The van der Waals surface area contributed by atoms with E-state index in [-0.39, 0.29) is 17.1 Å². The Labute approximate surface area is 208 Å². The van der Waals surface area contributed by atoms with Crippen molar-refractivity contribution in [3.8, 4) is 10.6 Å². The number of benzene rings is 1. The quantitative estimate of drug-likeness (QED) is 0.322. The molecule has 1 aliphatic heterocycles. The first kappa shape index (κ1) is 23.5. The number of likely N-dealkylation sites (N-methyl/N-ethyl adjacent to an activating group) is 1. The highest BCUT2D eigenvalue weighted by molar-refractivity contribution is 7.17. The Bertz CT molecular complexity index is 1580. The number of hydrogen-bond acceptors (Lipinski definition) is 7. The smallest absolute Gasteiger partial charge is 0.331 e. The number of alkyl halides is 2. The molecule has 1 aromatic carbocycles. The van der Waals surface area contributed by atoms with E-state index in [0.717, 1.165) is 6.54 Å². The molecule has 1 aliphatic rings. The molecule has 0 radical (unpaired) electrons. The van der Waals surface area contributed by atoms with E-state index in [2.05, 4.69) is 10.1 Å². The third kappa shape index (κ3) is 4.29. The van der Waals surface area contributed by atoms with Gasteiger partial charge in [-0.1, -0.05) is 12.1 Å². The van der Waals surface area contributed by atoms with Crippen molar-refractivity contribution in [2.75, 3.05) is 20.1 Å². The maximum absolute atomic E-state index is 15.4. The van der Waals surface area contributed by atoms with Gasteiger partial charge in [-0.3, -0.25) is 20.6 Å². The molecule has 0 saturated heterocycles. The summed E-state index contributed by atoms with van der Waals surface area (Å²) in [4.78, 5) is 21.6. The number of thiophene rings is 1. The molecule has 4 aromatic rings. The number of pyridine rings is 1. The number of aromatic nitrogens is 3. The normalized spacial score (nSPS) is 13.9. The largest absolute Gasteiger partial charge is 0.377 e. The van der Waals surface area contributed by atoms with Crippen LogP contribution in [-0.2, 0) is 5.92 Å². The number of carbonyl (C=O) groups is 1. The van der Waals surface area contributed by atoms with E-state index in [0.29, 0.717) is 31.9 Å². The number of fused-ring (bicyclic) bond motifs is 1. The van der Waals surface area contributed by atoms with Crippen LogP contribution in [0.4, 0.5) is 8.78 Å². The van der Waals surface area contributed by atoms with Gasteiger partial charge in [-0.05, 0) is 42.5 Å². The Morgan fingerprint density at radius 1 is 1.08 bits per heavy atom. The van der Waals surface area contributed by atoms with Crippen molar-refractivity contribution < 1.29 is 13.6 Å². The number of nitrogens with zero attached hydrogens (tertiary/aromatic N) is 5. The van der Waals surface area contributed by atoms with Gasteiger partial charge in [0.25, 0.3) is 5.91 Å². The fourth-order valence-corrected chi connectivity index (χ4v) is 4.70. The third-order valence-corrected chi connectivity index (χ3v) is 6.93. The number of hydrogen-bond donors (Lipinski definition) is 2. The van der Waals surface area contributed by atoms with Crippen LogP contribution in [-0.4, -0.2) is 56.4 Å². The van der Waals surface area contributed by atoms with E-state index < -0.39 is 17.3 Å². The highest BCUT2D eigenvalue weighted by Gasteiger charge is 2.39. The van der Waals surface area contributed by atoms with Crippen LogP contribution >= 0.6 is 11.3 Å². The SMILES string of the molecule is CN1C=CN(C(=O)c2ccc(-c3ccc(=N)n(C(=N)C(F)(F)c4ccc5ncccc5c4)n3)s2)CC1. The maximum atomic E-state index is 15.4. The lowest BCUT2D eigenvalue weighted by Crippen LogP contribution is -2.39. The highest BCUT2D eigenvalue weighted by atomic mass is 32.1. The van der Waals surface area contributed by atoms with E-state index in [1.54, 1.807) is 41.6 Å². The van der Waals surface area contributed by atoms with Gasteiger partial charge < -0.3 is 9.80 Å². The fraction of sp³-hybridized carbons (Fsp3) is 0.160. The van der Waals surface area contributed by atoms with Crippen LogP contribution in [0.15, 0.2) is 73.2 Å². The van der Waals surface area contributed by atoms with Crippen molar-refractivity contribution in [1.29, 1.82) is 10.8 Å². The number of amides is 1. The predicted molar refractivity (Wildman–Crippen MR) is 133 cm³/mol. The van der Waals surface area contributed by atoms with Crippen LogP contribution < -0.4 is 5.49 Å². The molecule has 0 saturated carbocycles. The lowest BCUT2D eigenvalue weighted by molar-refractivity contribution is 0.0697. The van der Waals surface area contributed by atoms with Gasteiger partial charge in [-0.25, -0.2) is 0 Å². The summed E-state index contributed by atoms with van der Waals surface area (Å²) in [6.45, 7) is 1.28. The maximum Gasteiger partial charge on any atom is 0.331 e. The summed E-state index contributed by atoms with van der Waals surface area (Å²) in [6, 6.07) is 13.5. The number of rotatable bonds is 4. The van der Waals surface area contributed by atoms with Gasteiger partial charge in [0.1, 0.15) is 11.2 Å². The first-order valence-electron chi connectivity index (χ1n) is 11.0. The number of carbonyl (C=O) groups excluding carboxylic acids is 1. The Morgan fingerprint density at radius 2 is 1.92 bits per heavy atom. The van der Waals surface area contributed by atoms with Crippen LogP contribution in [0.25, 0.3) is 21.5 Å². The van der Waals surface area contributed by atoms with E-state index >= 15 is 8.78 Å². The van der Waals surface area contributed by atoms with Crippen molar-refractivity contribution in [3.63, 3.8) is 0 Å². The summed E-state index contributed by atoms with van der Waals surface area (Å²) < 4.78 is 31.4. The lowest BCUT2D eigenvalue weighted by atomic mass is 10.0. The zero-order valence-corrected chi connectivity index (χ0v) is 20.0. The summed E-state index contributed by atoms with van der Waals surface area (Å²) in [5.74, 6) is -5.01. The fourth-order valence-electron chi connectivity index (χ4n) is 3.78. The topological polar surface area (TPSA) is 102 Å². The molecule has 0 bridgehead atoms. The minimum absolute atomic E-state index is 0.161. The molecule has 0 fully saturated rings. The Kier molecular flexibility index (Phi) is 5.92. The molecule has 182 valence electrons. The van der Waals surface area contributed by atoms with Gasteiger partial charge in [-0.15, -0.1) is 11.3 Å². The van der Waals surface area contributed by atoms with Crippen molar-refractivity contribution in [3.05, 3.63) is 89.1 Å². The molecule has 4 heterocycles. The van der Waals surface area contributed by atoms with Crippen molar-refractivity contribution in [2.24, 2.45) is 0 Å². The molecule has 0 atom stereocenters. The van der Waals surface area contributed by atoms with Crippen LogP contribution in [0.1, 0.15) is 15.2 Å². The van der Waals surface area contributed by atoms with E-state index in [1.165, 1.54) is 41.7 Å². The van der Waals surface area contributed by atoms with Gasteiger partial charge in [0.05, 0.1) is 15.3 Å². The van der Waals surface area contributed by atoms with Gasteiger partial charge in [0, 0.05) is 49.7 Å². The standard InChI is InChI=1S/C25H21F2N7OS/c1-32-11-13-33(14-12-32)23(35)21-8-7-20(36-21)19-6-9-22(28)34(31-19)24(29)25(26,27)17-4-5-18-16(15-17)3-2-10-30-18/h2-11,13,15,28-29H,12,14H2,1H3. The molecule has 3 aromatic heterocycles. The molecular formula is C25H21F2N7OS. The van der Waals surface area contributed by atoms with Gasteiger partial charge >= 0.3 is 5.92 Å². The Morgan fingerprint density at radius 3 is 2.69 bits per heavy atom. The van der Waals surface area contributed by atoms with Crippen molar-refractivity contribution in [2.45, 2.75) is 5.92 Å². The molecule has 1 amide bonds. The second-order valence-corrected chi connectivity index (χ2v) is 9.37. The minimum atomic E-state index is -3.71. The zero-order chi connectivity index (χ0) is 25.4. The first-order valence-corrected chi connectivity index (χ1v) is 11.8. The van der Waals surface area contributed by atoms with Crippen LogP contribution in [0.3, 0.4) is 0 Å². The molecule has 36 heavy (non-hydrogen) atoms. The number of nitrogens with one attached hydrogen (secondary N) is 2. The van der Waals surface area contributed by atoms with Gasteiger partial charge in [0.2, 0.25) is 0 Å². The summed E-state index contributed by atoms with van der Waals surface area (Å²) in [5.41, 5.74) is 0.0949. The molecule has 0 aliphatic carbocycles. The number of halogens is 2.